The average Bonchev–Trinajstić information content (AvgIpc) is 2.90. The average molecular weight is 565 g/mol. The topological polar surface area (TPSA) is 49.3 Å². The fourth-order valence-corrected chi connectivity index (χ4v) is 4.46. The maximum atomic E-state index is 14.7. The minimum Gasteiger partial charge on any atom is -0.505 e. The maximum absolute atomic E-state index is 14.7. The predicted octanol–water partition coefficient (Wildman–Crippen LogP) is 7.47. The molecular formula is C29H19F8NO2. The second-order valence-electron chi connectivity index (χ2n) is 8.93. The summed E-state index contributed by atoms with van der Waals surface area (Å²) in [6, 6.07) is 15.7. The van der Waals surface area contributed by atoms with Crippen LogP contribution in [0.4, 0.5) is 35.1 Å². The highest BCUT2D eigenvalue weighted by molar-refractivity contribution is 5.94. The number of alkyl halides is 6. The quantitative estimate of drug-likeness (QED) is 0.188. The van der Waals surface area contributed by atoms with Gasteiger partial charge in [0.2, 0.25) is 0 Å². The Morgan fingerprint density at radius 2 is 1.27 bits per heavy atom. The minimum absolute atomic E-state index is 0.0272. The van der Waals surface area contributed by atoms with E-state index in [0.717, 1.165) is 42.5 Å². The van der Waals surface area contributed by atoms with Crippen LogP contribution in [0.25, 0.3) is 0 Å². The van der Waals surface area contributed by atoms with Crippen LogP contribution in [0.1, 0.15) is 38.2 Å². The number of phenols is 1. The zero-order valence-electron chi connectivity index (χ0n) is 20.2. The number of benzene rings is 4. The second-order valence-corrected chi connectivity index (χ2v) is 8.93. The summed E-state index contributed by atoms with van der Waals surface area (Å²) in [5.41, 5.74) is -4.84. The predicted molar refractivity (Wildman–Crippen MR) is 130 cm³/mol. The molecular weight excluding hydrogens is 546 g/mol. The molecule has 0 fully saturated rings. The summed E-state index contributed by atoms with van der Waals surface area (Å²) in [4.78, 5) is 13.0. The largest absolute Gasteiger partial charge is 0.505 e. The fourth-order valence-electron chi connectivity index (χ4n) is 4.46. The highest BCUT2D eigenvalue weighted by Crippen LogP contribution is 2.43. The molecule has 0 aliphatic rings. The Morgan fingerprint density at radius 3 is 1.90 bits per heavy atom. The highest BCUT2D eigenvalue weighted by Gasteiger charge is 2.41. The van der Waals surface area contributed by atoms with Crippen LogP contribution in [-0.2, 0) is 17.8 Å². The third kappa shape index (κ3) is 5.78. The first kappa shape index (κ1) is 28.6. The molecule has 0 saturated heterocycles. The number of halogens is 8. The van der Waals surface area contributed by atoms with Gasteiger partial charge in [-0.1, -0.05) is 42.5 Å². The summed E-state index contributed by atoms with van der Waals surface area (Å²) in [6.45, 7) is -0.613. The van der Waals surface area contributed by atoms with Crippen LogP contribution in [0.3, 0.4) is 0 Å². The lowest BCUT2D eigenvalue weighted by Gasteiger charge is -2.36. The Kier molecular flexibility index (Phi) is 7.60. The molecule has 3 nitrogen and oxygen atoms in total. The van der Waals surface area contributed by atoms with Crippen LogP contribution in [0.2, 0.25) is 0 Å². The standard InChI is InChI=1S/C29H19F8NO2/c30-23-13-21(12-22(14-23)29(35,36)37)27(18-6-2-1-3-7-18,19-9-10-24(31)25(39)15-19)16-38-26(40)17-5-4-8-20(11-17)28(32,33)34/h1-15,39H,16H2,(H,38,40). The molecule has 1 atom stereocenters. The molecule has 1 unspecified atom stereocenters. The molecule has 208 valence electrons. The van der Waals surface area contributed by atoms with E-state index in [9.17, 15) is 45.0 Å². The number of hydrogen-bond donors (Lipinski definition) is 2. The number of carbonyl (C=O) groups excluding carboxylic acids is 1. The van der Waals surface area contributed by atoms with E-state index in [2.05, 4.69) is 5.32 Å². The van der Waals surface area contributed by atoms with E-state index in [4.69, 9.17) is 0 Å². The molecule has 1 amide bonds. The second kappa shape index (κ2) is 10.6. The molecule has 0 saturated carbocycles. The van der Waals surface area contributed by atoms with Gasteiger partial charge in [-0.3, -0.25) is 4.79 Å². The lowest BCUT2D eigenvalue weighted by Crippen LogP contribution is -2.43. The van der Waals surface area contributed by atoms with E-state index in [1.54, 1.807) is 6.07 Å². The third-order valence-corrected chi connectivity index (χ3v) is 6.39. The molecule has 0 aromatic heterocycles. The molecule has 0 spiro atoms. The summed E-state index contributed by atoms with van der Waals surface area (Å²) in [5.74, 6) is -4.19. The lowest BCUT2D eigenvalue weighted by molar-refractivity contribution is -0.138. The zero-order valence-corrected chi connectivity index (χ0v) is 20.2. The van der Waals surface area contributed by atoms with Gasteiger partial charge in [-0.15, -0.1) is 0 Å². The number of phenolic OH excluding ortho intramolecular Hbond substituents is 1. The SMILES string of the molecule is O=C(NCC(c1ccccc1)(c1cc(F)cc(C(F)(F)F)c1)c1ccc(F)c(O)c1)c1cccc(C(F)(F)F)c1. The van der Waals surface area contributed by atoms with E-state index in [1.165, 1.54) is 24.3 Å². The summed E-state index contributed by atoms with van der Waals surface area (Å²) in [6.07, 6.45) is -9.71. The first-order valence-electron chi connectivity index (χ1n) is 11.6. The van der Waals surface area contributed by atoms with Crippen molar-refractivity contribution in [1.29, 1.82) is 0 Å². The molecule has 40 heavy (non-hydrogen) atoms. The number of aromatic hydroxyl groups is 1. The Labute approximate surface area is 222 Å². The van der Waals surface area contributed by atoms with Gasteiger partial charge < -0.3 is 10.4 Å². The normalized spacial score (nSPS) is 13.5. The first-order valence-corrected chi connectivity index (χ1v) is 11.6. The van der Waals surface area contributed by atoms with Gasteiger partial charge in [0.15, 0.2) is 11.6 Å². The van der Waals surface area contributed by atoms with Crippen LogP contribution in [0.5, 0.6) is 5.75 Å². The lowest BCUT2D eigenvalue weighted by atomic mass is 9.69. The third-order valence-electron chi connectivity index (χ3n) is 6.39. The van der Waals surface area contributed by atoms with E-state index in [1.807, 2.05) is 0 Å². The van der Waals surface area contributed by atoms with Gasteiger partial charge in [-0.2, -0.15) is 26.3 Å². The molecule has 2 N–H and O–H groups in total. The number of hydrogen-bond acceptors (Lipinski definition) is 2. The van der Waals surface area contributed by atoms with E-state index < -0.39 is 64.3 Å². The highest BCUT2D eigenvalue weighted by atomic mass is 19.4. The van der Waals surface area contributed by atoms with Crippen molar-refractivity contribution >= 4 is 5.91 Å². The molecule has 4 aromatic carbocycles. The van der Waals surface area contributed by atoms with Gasteiger partial charge >= 0.3 is 12.4 Å². The van der Waals surface area contributed by atoms with Crippen LogP contribution in [0.15, 0.2) is 91.0 Å². The molecule has 0 aliphatic heterocycles. The monoisotopic (exact) mass is 565 g/mol. The van der Waals surface area contributed by atoms with Crippen LogP contribution in [-0.4, -0.2) is 17.6 Å². The first-order chi connectivity index (χ1) is 18.7. The Balaban J connectivity index is 1.93. The van der Waals surface area contributed by atoms with Crippen molar-refractivity contribution in [3.63, 3.8) is 0 Å². The van der Waals surface area contributed by atoms with Crippen LogP contribution >= 0.6 is 0 Å². The Hall–Kier alpha value is -4.41. The van der Waals surface area contributed by atoms with Gasteiger partial charge in [0, 0.05) is 12.1 Å². The van der Waals surface area contributed by atoms with Gasteiger partial charge in [0.25, 0.3) is 5.91 Å². The summed E-state index contributed by atoms with van der Waals surface area (Å²) in [7, 11) is 0. The Bertz CT molecular complexity index is 1530. The smallest absolute Gasteiger partial charge is 0.416 e. The number of amides is 1. The van der Waals surface area contributed by atoms with Gasteiger partial charge in [0.1, 0.15) is 5.82 Å². The summed E-state index contributed by atoms with van der Waals surface area (Å²) >= 11 is 0. The summed E-state index contributed by atoms with van der Waals surface area (Å²) < 4.78 is 109. The van der Waals surface area contributed by atoms with Gasteiger partial charge in [0.05, 0.1) is 16.5 Å². The van der Waals surface area contributed by atoms with Crippen molar-refractivity contribution in [3.05, 3.63) is 136 Å². The maximum Gasteiger partial charge on any atom is 0.416 e. The van der Waals surface area contributed by atoms with E-state index in [-0.39, 0.29) is 22.8 Å². The van der Waals surface area contributed by atoms with Crippen molar-refractivity contribution in [2.75, 3.05) is 6.54 Å². The van der Waals surface area contributed by atoms with E-state index >= 15 is 0 Å². The summed E-state index contributed by atoms with van der Waals surface area (Å²) in [5, 5.41) is 12.6. The van der Waals surface area contributed by atoms with E-state index in [0.29, 0.717) is 12.1 Å². The molecule has 0 bridgehead atoms. The molecule has 0 aliphatic carbocycles. The van der Waals surface area contributed by atoms with Crippen LogP contribution < -0.4 is 5.32 Å². The number of nitrogens with one attached hydrogen (secondary N) is 1. The van der Waals surface area contributed by atoms with Crippen molar-refractivity contribution in [2.24, 2.45) is 0 Å². The zero-order chi connectivity index (χ0) is 29.3. The number of carbonyl (C=O) groups is 1. The fraction of sp³-hybridized carbons (Fsp3) is 0.138. The molecule has 4 aromatic rings. The van der Waals surface area contributed by atoms with Crippen molar-refractivity contribution in [3.8, 4) is 5.75 Å². The van der Waals surface area contributed by atoms with Gasteiger partial charge in [-0.25, -0.2) is 8.78 Å². The van der Waals surface area contributed by atoms with Crippen molar-refractivity contribution in [1.82, 2.24) is 5.32 Å². The molecule has 0 radical (unpaired) electrons. The minimum atomic E-state index is -4.97. The van der Waals surface area contributed by atoms with Crippen LogP contribution in [0, 0.1) is 11.6 Å². The molecule has 4 rings (SSSR count). The van der Waals surface area contributed by atoms with Gasteiger partial charge in [-0.05, 0) is 65.2 Å². The number of rotatable bonds is 6. The Morgan fingerprint density at radius 1 is 0.650 bits per heavy atom. The molecule has 0 heterocycles. The molecule has 11 heteroatoms. The van der Waals surface area contributed by atoms with Crippen molar-refractivity contribution in [2.45, 2.75) is 17.8 Å². The van der Waals surface area contributed by atoms with Crippen molar-refractivity contribution < 1.29 is 45.0 Å².